The van der Waals surface area contributed by atoms with Crippen molar-refractivity contribution >= 4 is 12.3 Å². The third-order valence-electron chi connectivity index (χ3n) is 3.82. The maximum atomic E-state index is 12.2. The van der Waals surface area contributed by atoms with Gasteiger partial charge in [-0.15, -0.1) is 0 Å². The molecular formula is C13H20O5. The van der Waals surface area contributed by atoms with Crippen molar-refractivity contribution in [1.82, 2.24) is 0 Å². The molecule has 1 saturated carbocycles. The van der Waals surface area contributed by atoms with Gasteiger partial charge in [-0.25, -0.2) is 0 Å². The summed E-state index contributed by atoms with van der Waals surface area (Å²) in [5.41, 5.74) is -0.764. The summed E-state index contributed by atoms with van der Waals surface area (Å²) in [4.78, 5) is 23.1. The minimum Gasteiger partial charge on any atom is -0.466 e. The topological polar surface area (TPSA) is 61.8 Å². The van der Waals surface area contributed by atoms with Crippen molar-refractivity contribution in [2.24, 2.45) is 5.41 Å². The molecule has 5 nitrogen and oxygen atoms in total. The molecule has 0 unspecified atom stereocenters. The van der Waals surface area contributed by atoms with E-state index in [2.05, 4.69) is 0 Å². The van der Waals surface area contributed by atoms with Crippen molar-refractivity contribution in [3.05, 3.63) is 0 Å². The molecule has 0 aromatic heterocycles. The van der Waals surface area contributed by atoms with Gasteiger partial charge < -0.3 is 19.0 Å². The van der Waals surface area contributed by atoms with Crippen LogP contribution in [0.15, 0.2) is 0 Å². The van der Waals surface area contributed by atoms with Gasteiger partial charge in [-0.2, -0.15) is 0 Å². The molecule has 0 N–H and O–H groups in total. The second-order valence-corrected chi connectivity index (χ2v) is 5.01. The Labute approximate surface area is 107 Å². The largest absolute Gasteiger partial charge is 0.466 e. The highest BCUT2D eigenvalue weighted by atomic mass is 16.7. The van der Waals surface area contributed by atoms with Crippen molar-refractivity contribution < 1.29 is 23.8 Å². The lowest BCUT2D eigenvalue weighted by molar-refractivity contribution is -0.211. The van der Waals surface area contributed by atoms with E-state index in [1.54, 1.807) is 6.92 Å². The fraction of sp³-hybridized carbons (Fsp3) is 0.846. The monoisotopic (exact) mass is 256 g/mol. The fourth-order valence-corrected chi connectivity index (χ4v) is 3.01. The second-order valence-electron chi connectivity index (χ2n) is 5.01. The Bertz CT molecular complexity index is 321. The number of esters is 1. The van der Waals surface area contributed by atoms with Crippen LogP contribution in [0.5, 0.6) is 0 Å². The first-order valence-corrected chi connectivity index (χ1v) is 6.55. The molecular weight excluding hydrogens is 236 g/mol. The number of ether oxygens (including phenoxy) is 3. The van der Waals surface area contributed by atoms with Crippen LogP contribution in [0, 0.1) is 5.41 Å². The van der Waals surface area contributed by atoms with Crippen LogP contribution in [-0.4, -0.2) is 37.9 Å². The highest BCUT2D eigenvalue weighted by Gasteiger charge is 2.52. The van der Waals surface area contributed by atoms with Gasteiger partial charge in [0.15, 0.2) is 5.79 Å². The van der Waals surface area contributed by atoms with Gasteiger partial charge in [-0.05, 0) is 19.8 Å². The molecule has 1 aliphatic heterocycles. The van der Waals surface area contributed by atoms with E-state index >= 15 is 0 Å². The quantitative estimate of drug-likeness (QED) is 0.562. The number of carbonyl (C=O) groups excluding carboxylic acids is 2. The summed E-state index contributed by atoms with van der Waals surface area (Å²) in [6, 6.07) is 0. The Hall–Kier alpha value is -0.940. The van der Waals surface area contributed by atoms with Gasteiger partial charge in [0.1, 0.15) is 6.29 Å². The van der Waals surface area contributed by atoms with Crippen molar-refractivity contribution in [3.63, 3.8) is 0 Å². The van der Waals surface area contributed by atoms with Crippen LogP contribution in [0.3, 0.4) is 0 Å². The molecule has 0 aromatic carbocycles. The molecule has 102 valence electrons. The summed E-state index contributed by atoms with van der Waals surface area (Å²) in [6.45, 7) is 3.21. The van der Waals surface area contributed by atoms with E-state index in [4.69, 9.17) is 14.2 Å². The van der Waals surface area contributed by atoms with Crippen LogP contribution in [0.25, 0.3) is 0 Å². The van der Waals surface area contributed by atoms with Crippen molar-refractivity contribution in [1.29, 1.82) is 0 Å². The average Bonchev–Trinajstić information content (AvgIpc) is 2.78. The predicted octanol–water partition coefficient (Wildman–Crippen LogP) is 1.44. The average molecular weight is 256 g/mol. The predicted molar refractivity (Wildman–Crippen MR) is 62.9 cm³/mol. The maximum absolute atomic E-state index is 12.2. The molecule has 5 heteroatoms. The van der Waals surface area contributed by atoms with Gasteiger partial charge in [0.25, 0.3) is 0 Å². The summed E-state index contributed by atoms with van der Waals surface area (Å²) < 4.78 is 16.5. The van der Waals surface area contributed by atoms with Gasteiger partial charge in [0.05, 0.1) is 25.2 Å². The second kappa shape index (κ2) is 5.36. The Morgan fingerprint density at radius 3 is 2.67 bits per heavy atom. The lowest BCUT2D eigenvalue weighted by Crippen LogP contribution is -2.47. The first kappa shape index (κ1) is 13.5. The molecule has 2 fully saturated rings. The van der Waals surface area contributed by atoms with Gasteiger partial charge in [0.2, 0.25) is 0 Å². The van der Waals surface area contributed by atoms with Crippen LogP contribution in [0.4, 0.5) is 0 Å². The third-order valence-corrected chi connectivity index (χ3v) is 3.82. The molecule has 0 bridgehead atoms. The SMILES string of the molecule is CCOC(=O)[C@@]1(CC=O)CCCC2(C1)OCCO2. The zero-order valence-electron chi connectivity index (χ0n) is 10.8. The van der Waals surface area contributed by atoms with Crippen LogP contribution in [0.2, 0.25) is 0 Å². The minimum absolute atomic E-state index is 0.181. The summed E-state index contributed by atoms with van der Waals surface area (Å²) in [6.07, 6.45) is 3.67. The first-order chi connectivity index (χ1) is 8.66. The Morgan fingerprint density at radius 1 is 1.33 bits per heavy atom. The van der Waals surface area contributed by atoms with Crippen LogP contribution in [-0.2, 0) is 23.8 Å². The maximum Gasteiger partial charge on any atom is 0.312 e. The van der Waals surface area contributed by atoms with Crippen LogP contribution in [0.1, 0.15) is 39.0 Å². The molecule has 1 aliphatic carbocycles. The standard InChI is InChI=1S/C13H20O5/c1-2-16-11(15)12(6-7-14)4-3-5-13(10-12)17-8-9-18-13/h7H,2-6,8-10H2,1H3/t12-/m1/s1. The smallest absolute Gasteiger partial charge is 0.312 e. The molecule has 2 aliphatic rings. The van der Waals surface area contributed by atoms with Crippen molar-refractivity contribution in [3.8, 4) is 0 Å². The van der Waals surface area contributed by atoms with Gasteiger partial charge in [-0.1, -0.05) is 0 Å². The van der Waals surface area contributed by atoms with Crippen molar-refractivity contribution in [2.75, 3.05) is 19.8 Å². The molecule has 18 heavy (non-hydrogen) atoms. The zero-order valence-corrected chi connectivity index (χ0v) is 10.8. The number of hydrogen-bond donors (Lipinski definition) is 0. The number of carbonyl (C=O) groups is 2. The third kappa shape index (κ3) is 2.42. The summed E-state index contributed by atoms with van der Waals surface area (Å²) in [5.74, 6) is -0.969. The molecule has 0 amide bonds. The molecule has 0 aromatic rings. The Kier molecular flexibility index (Phi) is 4.02. The van der Waals surface area contributed by atoms with E-state index in [-0.39, 0.29) is 12.4 Å². The Balaban J connectivity index is 2.18. The first-order valence-electron chi connectivity index (χ1n) is 6.55. The van der Waals surface area contributed by atoms with E-state index in [1.165, 1.54) is 0 Å². The highest BCUT2D eigenvalue weighted by molar-refractivity contribution is 5.80. The van der Waals surface area contributed by atoms with Crippen LogP contribution < -0.4 is 0 Å². The normalized spacial score (nSPS) is 30.3. The molecule has 0 radical (unpaired) electrons. The fourth-order valence-electron chi connectivity index (χ4n) is 3.01. The summed E-state index contributed by atoms with van der Waals surface area (Å²) >= 11 is 0. The lowest BCUT2D eigenvalue weighted by Gasteiger charge is -2.42. The minimum atomic E-state index is -0.764. The molecule has 1 saturated heterocycles. The van der Waals surface area contributed by atoms with Gasteiger partial charge >= 0.3 is 5.97 Å². The van der Waals surface area contributed by atoms with Gasteiger partial charge in [-0.3, -0.25) is 4.79 Å². The molecule has 1 spiro atoms. The van der Waals surface area contributed by atoms with Crippen molar-refractivity contribution in [2.45, 2.75) is 44.8 Å². The molecule has 1 atom stereocenters. The summed E-state index contributed by atoms with van der Waals surface area (Å²) in [7, 11) is 0. The number of aldehydes is 1. The van der Waals surface area contributed by atoms with E-state index in [1.807, 2.05) is 0 Å². The number of rotatable bonds is 4. The Morgan fingerprint density at radius 2 is 2.06 bits per heavy atom. The van der Waals surface area contributed by atoms with Gasteiger partial charge in [0, 0.05) is 19.3 Å². The van der Waals surface area contributed by atoms with E-state index in [0.29, 0.717) is 32.7 Å². The zero-order chi connectivity index (χ0) is 13.1. The van der Waals surface area contributed by atoms with E-state index < -0.39 is 11.2 Å². The summed E-state index contributed by atoms with van der Waals surface area (Å²) in [5, 5.41) is 0. The van der Waals surface area contributed by atoms with E-state index in [0.717, 1.165) is 19.1 Å². The number of hydrogen-bond acceptors (Lipinski definition) is 5. The van der Waals surface area contributed by atoms with E-state index in [9.17, 15) is 9.59 Å². The van der Waals surface area contributed by atoms with Crippen LogP contribution >= 0.6 is 0 Å². The molecule has 2 rings (SSSR count). The lowest BCUT2D eigenvalue weighted by atomic mass is 9.69. The molecule has 1 heterocycles. The highest BCUT2D eigenvalue weighted by Crippen LogP contribution is 2.48.